The quantitative estimate of drug-likeness (QED) is 0.583. The maximum atomic E-state index is 2.58. The fraction of sp³-hybridized carbons (Fsp3) is 1.00. The van der Waals surface area contributed by atoms with Gasteiger partial charge in [0.05, 0.1) is 0 Å². The zero-order chi connectivity index (χ0) is 9.89. The van der Waals surface area contributed by atoms with E-state index in [1.807, 2.05) is 0 Å². The Balaban J connectivity index is 4.08. The van der Waals surface area contributed by atoms with Crippen LogP contribution in [0.4, 0.5) is 0 Å². The fourth-order valence-electron chi connectivity index (χ4n) is 1.15. The van der Waals surface area contributed by atoms with Crippen molar-refractivity contribution < 1.29 is 0 Å². The van der Waals surface area contributed by atoms with Crippen molar-refractivity contribution in [1.29, 1.82) is 0 Å². The van der Waals surface area contributed by atoms with Crippen molar-refractivity contribution in [3.63, 3.8) is 0 Å². The Morgan fingerprint density at radius 1 is 0.917 bits per heavy atom. The molecule has 0 aromatic rings. The van der Waals surface area contributed by atoms with Crippen molar-refractivity contribution in [2.24, 2.45) is 0 Å². The first kappa shape index (κ1) is 12.4. The van der Waals surface area contributed by atoms with Gasteiger partial charge in [-0.25, -0.2) is 0 Å². The lowest BCUT2D eigenvalue weighted by atomic mass is 10.4. The van der Waals surface area contributed by atoms with Crippen molar-refractivity contribution in [2.45, 2.75) is 39.8 Å². The fourth-order valence-corrected chi connectivity index (χ4v) is 7.03. The van der Waals surface area contributed by atoms with E-state index in [9.17, 15) is 0 Å². The summed E-state index contributed by atoms with van der Waals surface area (Å²) in [5, 5.41) is 0. The van der Waals surface area contributed by atoms with Crippen molar-refractivity contribution in [1.82, 2.24) is 9.13 Å². The van der Waals surface area contributed by atoms with Crippen LogP contribution in [0.1, 0.15) is 27.7 Å². The lowest BCUT2D eigenvalue weighted by molar-refractivity contribution is 0.352. The van der Waals surface area contributed by atoms with Crippen LogP contribution in [-0.4, -0.2) is 53.7 Å². The first-order chi connectivity index (χ1) is 5.37. The molecule has 0 spiro atoms. The minimum absolute atomic E-state index is 0.701. The number of hydrogen-bond acceptors (Lipinski definition) is 2. The molecule has 4 heteroatoms. The van der Waals surface area contributed by atoms with Crippen molar-refractivity contribution in [2.75, 3.05) is 14.1 Å². The molecule has 0 saturated carbocycles. The molecule has 0 atom stereocenters. The lowest BCUT2D eigenvalue weighted by Gasteiger charge is -2.36. The summed E-state index contributed by atoms with van der Waals surface area (Å²) in [4.78, 5) is 0. The molecular formula is C8H24N2Si2. The Bertz CT molecular complexity index is 114. The Labute approximate surface area is 81.9 Å². The molecule has 0 fully saturated rings. The van der Waals surface area contributed by atoms with E-state index in [1.165, 1.54) is 9.76 Å². The van der Waals surface area contributed by atoms with Gasteiger partial charge in [0, 0.05) is 9.76 Å². The summed E-state index contributed by atoms with van der Waals surface area (Å²) < 4.78 is 5.15. The molecule has 2 nitrogen and oxygen atoms in total. The highest BCUT2D eigenvalue weighted by atomic mass is 29.2. The Morgan fingerprint density at radius 3 is 1.33 bits per heavy atom. The van der Waals surface area contributed by atoms with Gasteiger partial charge in [0.15, 0.2) is 8.64 Å². The van der Waals surface area contributed by atoms with Crippen LogP contribution < -0.4 is 0 Å². The average molecular weight is 204 g/mol. The SMILES string of the molecule is CC(C)N(C)[SiH]([SiH3])N(C)C(C)C. The van der Waals surface area contributed by atoms with Crippen molar-refractivity contribution in [3.8, 4) is 0 Å². The topological polar surface area (TPSA) is 6.48 Å². The van der Waals surface area contributed by atoms with Gasteiger partial charge in [-0.05, 0) is 26.2 Å². The van der Waals surface area contributed by atoms with E-state index in [-0.39, 0.29) is 0 Å². The third kappa shape index (κ3) is 3.39. The zero-order valence-electron chi connectivity index (χ0n) is 9.63. The zero-order valence-corrected chi connectivity index (χ0v) is 12.8. The lowest BCUT2D eigenvalue weighted by Crippen LogP contribution is -2.54. The van der Waals surface area contributed by atoms with Crippen LogP contribution in [-0.2, 0) is 0 Å². The Morgan fingerprint density at radius 2 is 1.17 bits per heavy atom. The highest BCUT2D eigenvalue weighted by Crippen LogP contribution is 2.02. The molecule has 0 amide bonds. The molecule has 0 heterocycles. The molecule has 0 aromatic heterocycles. The van der Waals surface area contributed by atoms with Gasteiger partial charge in [-0.15, -0.1) is 0 Å². The molecule has 0 aliphatic carbocycles. The van der Waals surface area contributed by atoms with E-state index in [0.717, 1.165) is 0 Å². The van der Waals surface area contributed by atoms with E-state index in [2.05, 4.69) is 50.9 Å². The molecule has 74 valence electrons. The van der Waals surface area contributed by atoms with Gasteiger partial charge >= 0.3 is 0 Å². The minimum Gasteiger partial charge on any atom is -0.317 e. The second-order valence-corrected chi connectivity index (χ2v) is 10.1. The van der Waals surface area contributed by atoms with E-state index < -0.39 is 8.64 Å². The first-order valence-electron chi connectivity index (χ1n) is 4.81. The van der Waals surface area contributed by atoms with Gasteiger partial charge in [0.25, 0.3) is 0 Å². The van der Waals surface area contributed by atoms with Crippen LogP contribution in [0.25, 0.3) is 0 Å². The summed E-state index contributed by atoms with van der Waals surface area (Å²) in [6.07, 6.45) is 0. The van der Waals surface area contributed by atoms with Crippen LogP contribution in [0.2, 0.25) is 0 Å². The summed E-state index contributed by atoms with van der Waals surface area (Å²) in [5.41, 5.74) is 0. The first-order valence-corrected chi connectivity index (χ1v) is 10.5. The molecular weight excluding hydrogens is 180 g/mol. The summed E-state index contributed by atoms with van der Waals surface area (Å²) in [5.74, 6) is 0. The molecule has 12 heavy (non-hydrogen) atoms. The summed E-state index contributed by atoms with van der Waals surface area (Å²) in [7, 11) is 5.19. The summed E-state index contributed by atoms with van der Waals surface area (Å²) >= 11 is 0. The van der Waals surface area contributed by atoms with E-state index >= 15 is 0 Å². The monoisotopic (exact) mass is 204 g/mol. The maximum Gasteiger partial charge on any atom is 0.164 e. The molecule has 0 radical (unpaired) electrons. The number of hydrogen-bond donors (Lipinski definition) is 0. The van der Waals surface area contributed by atoms with Gasteiger partial charge in [0.1, 0.15) is 0 Å². The molecule has 0 aliphatic heterocycles. The van der Waals surface area contributed by atoms with Crippen LogP contribution in [0.5, 0.6) is 0 Å². The molecule has 0 N–H and O–H groups in total. The average Bonchev–Trinajstić information content (AvgIpc) is 2.00. The number of rotatable bonds is 4. The van der Waals surface area contributed by atoms with E-state index in [0.29, 0.717) is 12.1 Å². The van der Waals surface area contributed by atoms with Gasteiger partial charge in [-0.3, -0.25) is 0 Å². The Kier molecular flexibility index (Phi) is 5.32. The van der Waals surface area contributed by atoms with Crippen molar-refractivity contribution in [3.05, 3.63) is 0 Å². The molecule has 0 aliphatic rings. The maximum absolute atomic E-state index is 2.58. The standard InChI is InChI=1S/C8H24N2Si2/c1-7(2)9(5)12(11)10(6)8(3)4/h7-8,12H,1-6,11H3. The largest absolute Gasteiger partial charge is 0.317 e. The molecule has 0 aromatic carbocycles. The summed E-state index contributed by atoms with van der Waals surface area (Å²) in [6.45, 7) is 9.14. The highest BCUT2D eigenvalue weighted by Gasteiger charge is 2.19. The molecule has 0 rings (SSSR count). The smallest absolute Gasteiger partial charge is 0.164 e. The molecule has 0 unspecified atom stereocenters. The van der Waals surface area contributed by atoms with Crippen molar-refractivity contribution >= 4 is 18.4 Å². The third-order valence-electron chi connectivity index (χ3n) is 2.81. The summed E-state index contributed by atoms with van der Waals surface area (Å²) in [6, 6.07) is 1.42. The van der Waals surface area contributed by atoms with Crippen LogP contribution in [0.15, 0.2) is 0 Å². The van der Waals surface area contributed by atoms with E-state index in [4.69, 9.17) is 0 Å². The highest BCUT2D eigenvalue weighted by molar-refractivity contribution is 6.99. The molecule has 0 saturated heterocycles. The van der Waals surface area contributed by atoms with Crippen LogP contribution >= 0.6 is 0 Å². The second kappa shape index (κ2) is 5.16. The van der Waals surface area contributed by atoms with Gasteiger partial charge in [0.2, 0.25) is 0 Å². The van der Waals surface area contributed by atoms with Gasteiger partial charge in [-0.2, -0.15) is 0 Å². The third-order valence-corrected chi connectivity index (χ3v) is 11.2. The van der Waals surface area contributed by atoms with Gasteiger partial charge in [-0.1, -0.05) is 27.7 Å². The van der Waals surface area contributed by atoms with Gasteiger partial charge < -0.3 is 9.13 Å². The minimum atomic E-state index is -0.701. The molecule has 0 bridgehead atoms. The predicted octanol–water partition coefficient (Wildman–Crippen LogP) is -0.251. The van der Waals surface area contributed by atoms with E-state index in [1.54, 1.807) is 0 Å². The number of nitrogens with zero attached hydrogens (tertiary/aromatic N) is 2. The second-order valence-electron chi connectivity index (χ2n) is 4.15. The normalized spacial score (nSPS) is 13.2. The Hall–Kier alpha value is 0.354. The predicted molar refractivity (Wildman–Crippen MR) is 62.9 cm³/mol. The van der Waals surface area contributed by atoms with Crippen LogP contribution in [0.3, 0.4) is 0 Å². The van der Waals surface area contributed by atoms with Crippen LogP contribution in [0, 0.1) is 0 Å².